The van der Waals surface area contributed by atoms with E-state index in [1.807, 2.05) is 0 Å². The lowest BCUT2D eigenvalue weighted by molar-refractivity contribution is 0.152. The quantitative estimate of drug-likeness (QED) is 0.826. The Kier molecular flexibility index (Phi) is 5.10. The van der Waals surface area contributed by atoms with E-state index in [2.05, 4.69) is 23.6 Å². The van der Waals surface area contributed by atoms with Crippen molar-refractivity contribution in [2.75, 3.05) is 62.4 Å². The van der Waals surface area contributed by atoms with Gasteiger partial charge >= 0.3 is 0 Å². The normalized spacial score (nSPS) is 20.6. The first-order valence-corrected chi connectivity index (χ1v) is 8.26. The Labute approximate surface area is 132 Å². The van der Waals surface area contributed by atoms with Crippen LogP contribution in [-0.2, 0) is 9.47 Å². The van der Waals surface area contributed by atoms with Gasteiger partial charge in [-0.3, -0.25) is 0 Å². The largest absolute Gasteiger partial charge is 0.380 e. The van der Waals surface area contributed by atoms with E-state index >= 15 is 0 Å². The highest BCUT2D eigenvalue weighted by atomic mass is 16.5. The van der Waals surface area contributed by atoms with Crippen LogP contribution in [0.1, 0.15) is 24.1 Å². The zero-order valence-corrected chi connectivity index (χ0v) is 13.7. The van der Waals surface area contributed by atoms with Crippen LogP contribution in [0.15, 0.2) is 0 Å². The van der Waals surface area contributed by atoms with Crippen molar-refractivity contribution in [1.82, 2.24) is 9.97 Å². The van der Waals surface area contributed by atoms with Crippen molar-refractivity contribution < 1.29 is 9.47 Å². The molecule has 0 aliphatic carbocycles. The first kappa shape index (κ1) is 15.5. The molecule has 1 aromatic rings. The fourth-order valence-electron chi connectivity index (χ4n) is 2.95. The van der Waals surface area contributed by atoms with E-state index < -0.39 is 0 Å². The Balaban J connectivity index is 1.88. The molecule has 0 bridgehead atoms. The highest BCUT2D eigenvalue weighted by Gasteiger charge is 2.20. The summed E-state index contributed by atoms with van der Waals surface area (Å²) in [4.78, 5) is 14.2. The lowest BCUT2D eigenvalue weighted by atomic mass is 10.2. The number of rotatable bonds is 2. The van der Waals surface area contributed by atoms with E-state index in [9.17, 15) is 0 Å². The molecule has 0 N–H and O–H groups in total. The molecule has 0 unspecified atom stereocenters. The molecule has 1 aromatic heterocycles. The Bertz CT molecular complexity index is 493. The third kappa shape index (κ3) is 3.50. The minimum atomic E-state index is 0.753. The van der Waals surface area contributed by atoms with Crippen LogP contribution in [0, 0.1) is 13.8 Å². The van der Waals surface area contributed by atoms with E-state index in [-0.39, 0.29) is 0 Å². The molecule has 122 valence electrons. The molecule has 6 nitrogen and oxygen atoms in total. The molecule has 2 aliphatic rings. The van der Waals surface area contributed by atoms with Crippen LogP contribution in [0.3, 0.4) is 0 Å². The molecule has 2 saturated heterocycles. The molecule has 3 rings (SSSR count). The van der Waals surface area contributed by atoms with Gasteiger partial charge in [0.2, 0.25) is 5.95 Å². The van der Waals surface area contributed by atoms with Crippen LogP contribution < -0.4 is 9.80 Å². The average molecular weight is 306 g/mol. The van der Waals surface area contributed by atoms with Crippen LogP contribution in [0.5, 0.6) is 0 Å². The van der Waals surface area contributed by atoms with Gasteiger partial charge in [-0.2, -0.15) is 4.98 Å². The number of ether oxygens (including phenoxy) is 2. The van der Waals surface area contributed by atoms with Crippen molar-refractivity contribution in [3.63, 3.8) is 0 Å². The predicted octanol–water partition coefficient (Wildman–Crippen LogP) is 1.55. The first-order chi connectivity index (χ1) is 10.8. The number of hydrogen-bond acceptors (Lipinski definition) is 6. The summed E-state index contributed by atoms with van der Waals surface area (Å²) in [7, 11) is 0. The summed E-state index contributed by atoms with van der Waals surface area (Å²) in [5.74, 6) is 1.91. The number of anilines is 2. The summed E-state index contributed by atoms with van der Waals surface area (Å²) in [5.41, 5.74) is 2.24. The third-order valence-electron chi connectivity index (χ3n) is 4.38. The Morgan fingerprint density at radius 3 is 2.14 bits per heavy atom. The lowest BCUT2D eigenvalue weighted by Gasteiger charge is -2.26. The number of hydrogen-bond donors (Lipinski definition) is 0. The predicted molar refractivity (Wildman–Crippen MR) is 86.8 cm³/mol. The monoisotopic (exact) mass is 306 g/mol. The van der Waals surface area contributed by atoms with E-state index in [1.54, 1.807) is 0 Å². The maximum absolute atomic E-state index is 5.57. The third-order valence-corrected chi connectivity index (χ3v) is 4.38. The van der Waals surface area contributed by atoms with Crippen molar-refractivity contribution >= 4 is 11.8 Å². The van der Waals surface area contributed by atoms with E-state index in [4.69, 9.17) is 19.4 Å². The summed E-state index contributed by atoms with van der Waals surface area (Å²) in [6, 6.07) is 0. The van der Waals surface area contributed by atoms with Crippen LogP contribution in [0.25, 0.3) is 0 Å². The van der Waals surface area contributed by atoms with Crippen molar-refractivity contribution in [2.24, 2.45) is 0 Å². The fourth-order valence-corrected chi connectivity index (χ4v) is 2.95. The Hall–Kier alpha value is -1.40. The lowest BCUT2D eigenvalue weighted by Crippen LogP contribution is -2.31. The number of aryl methyl sites for hydroxylation is 1. The average Bonchev–Trinajstić information content (AvgIpc) is 2.94. The maximum Gasteiger partial charge on any atom is 0.227 e. The van der Waals surface area contributed by atoms with Gasteiger partial charge in [-0.05, 0) is 26.7 Å². The molecular weight excluding hydrogens is 280 g/mol. The number of nitrogens with zero attached hydrogens (tertiary/aromatic N) is 4. The SMILES string of the molecule is Cc1nc(N2CCCOCC2)nc(N2CCCOCC2)c1C. The van der Waals surface area contributed by atoms with Gasteiger partial charge in [0.1, 0.15) is 5.82 Å². The molecule has 0 atom stereocenters. The number of aromatic nitrogens is 2. The van der Waals surface area contributed by atoms with E-state index in [0.717, 1.165) is 82.9 Å². The summed E-state index contributed by atoms with van der Waals surface area (Å²) in [6.45, 7) is 11.1. The van der Waals surface area contributed by atoms with Crippen molar-refractivity contribution in [3.05, 3.63) is 11.3 Å². The van der Waals surface area contributed by atoms with E-state index in [1.165, 1.54) is 5.56 Å². The highest BCUT2D eigenvalue weighted by molar-refractivity contribution is 5.52. The highest BCUT2D eigenvalue weighted by Crippen LogP contribution is 2.24. The second-order valence-corrected chi connectivity index (χ2v) is 5.96. The van der Waals surface area contributed by atoms with Crippen molar-refractivity contribution in [1.29, 1.82) is 0 Å². The van der Waals surface area contributed by atoms with Gasteiger partial charge in [0.25, 0.3) is 0 Å². The molecule has 2 fully saturated rings. The van der Waals surface area contributed by atoms with Gasteiger partial charge in [0, 0.05) is 50.7 Å². The van der Waals surface area contributed by atoms with Gasteiger partial charge in [-0.15, -0.1) is 0 Å². The molecule has 0 radical (unpaired) electrons. The first-order valence-electron chi connectivity index (χ1n) is 8.26. The standard InChI is InChI=1S/C16H26N4O2/c1-13-14(2)17-16(20-6-4-10-22-12-8-20)18-15(13)19-5-3-9-21-11-7-19/h3-12H2,1-2H3. The zero-order chi connectivity index (χ0) is 15.4. The Morgan fingerprint density at radius 2 is 1.41 bits per heavy atom. The van der Waals surface area contributed by atoms with E-state index in [0.29, 0.717) is 0 Å². The van der Waals surface area contributed by atoms with Gasteiger partial charge in [-0.25, -0.2) is 4.98 Å². The Morgan fingerprint density at radius 1 is 0.773 bits per heavy atom. The summed E-state index contributed by atoms with van der Waals surface area (Å²) in [6.07, 6.45) is 2.08. The molecule has 0 saturated carbocycles. The summed E-state index contributed by atoms with van der Waals surface area (Å²) in [5, 5.41) is 0. The van der Waals surface area contributed by atoms with Gasteiger partial charge in [-0.1, -0.05) is 0 Å². The molecule has 0 amide bonds. The van der Waals surface area contributed by atoms with Gasteiger partial charge in [0.05, 0.1) is 13.2 Å². The second-order valence-electron chi connectivity index (χ2n) is 5.96. The minimum Gasteiger partial charge on any atom is -0.380 e. The summed E-state index contributed by atoms with van der Waals surface area (Å²) >= 11 is 0. The smallest absolute Gasteiger partial charge is 0.227 e. The molecule has 0 aromatic carbocycles. The van der Waals surface area contributed by atoms with Crippen molar-refractivity contribution in [3.8, 4) is 0 Å². The molecule has 3 heterocycles. The van der Waals surface area contributed by atoms with Crippen molar-refractivity contribution in [2.45, 2.75) is 26.7 Å². The zero-order valence-electron chi connectivity index (χ0n) is 13.7. The maximum atomic E-state index is 5.57. The summed E-state index contributed by atoms with van der Waals surface area (Å²) < 4.78 is 11.1. The second kappa shape index (κ2) is 7.24. The fraction of sp³-hybridized carbons (Fsp3) is 0.750. The van der Waals surface area contributed by atoms with Gasteiger partial charge < -0.3 is 19.3 Å². The minimum absolute atomic E-state index is 0.753. The molecule has 0 spiro atoms. The van der Waals surface area contributed by atoms with Crippen LogP contribution in [-0.4, -0.2) is 62.6 Å². The van der Waals surface area contributed by atoms with Crippen LogP contribution in [0.4, 0.5) is 11.8 Å². The van der Waals surface area contributed by atoms with Gasteiger partial charge in [0.15, 0.2) is 0 Å². The molecule has 2 aliphatic heterocycles. The molecule has 22 heavy (non-hydrogen) atoms. The van der Waals surface area contributed by atoms with Crippen LogP contribution in [0.2, 0.25) is 0 Å². The topological polar surface area (TPSA) is 50.7 Å². The molecular formula is C16H26N4O2. The van der Waals surface area contributed by atoms with Crippen LogP contribution >= 0.6 is 0 Å². The molecule has 6 heteroatoms.